The van der Waals surface area contributed by atoms with Crippen LogP contribution in [0, 0.1) is 0 Å². The van der Waals surface area contributed by atoms with Gasteiger partial charge in [-0.1, -0.05) is 27.5 Å². The zero-order chi connectivity index (χ0) is 17.9. The molecule has 0 aromatic heterocycles. The van der Waals surface area contributed by atoms with E-state index >= 15 is 0 Å². The number of carboxylic acids is 1. The maximum Gasteiger partial charge on any atom is 0.324 e. The molecule has 24 heavy (non-hydrogen) atoms. The van der Waals surface area contributed by atoms with Gasteiger partial charge in [0, 0.05) is 4.47 Å². The van der Waals surface area contributed by atoms with Crippen LogP contribution in [-0.2, 0) is 14.8 Å². The largest absolute Gasteiger partial charge is 0.495 e. The molecule has 0 bridgehead atoms. The summed E-state index contributed by atoms with van der Waals surface area (Å²) in [5.41, 5.74) is 0.229. The van der Waals surface area contributed by atoms with E-state index in [1.807, 2.05) is 0 Å². The van der Waals surface area contributed by atoms with Gasteiger partial charge >= 0.3 is 5.97 Å². The lowest BCUT2D eigenvalue weighted by Crippen LogP contribution is -2.35. The van der Waals surface area contributed by atoms with Crippen LogP contribution >= 0.6 is 27.5 Å². The number of hydrogen-bond acceptors (Lipinski definition) is 4. The van der Waals surface area contributed by atoms with Crippen LogP contribution < -0.4 is 9.04 Å². The highest BCUT2D eigenvalue weighted by Gasteiger charge is 2.27. The molecule has 0 atom stereocenters. The molecule has 0 heterocycles. The summed E-state index contributed by atoms with van der Waals surface area (Å²) in [6.07, 6.45) is 0. The zero-order valence-electron chi connectivity index (χ0n) is 12.4. The van der Waals surface area contributed by atoms with Gasteiger partial charge in [0.2, 0.25) is 0 Å². The number of aliphatic carboxylic acids is 1. The second-order valence-corrected chi connectivity index (χ2v) is 7.86. The Morgan fingerprint density at radius 1 is 1.25 bits per heavy atom. The highest BCUT2D eigenvalue weighted by Crippen LogP contribution is 2.30. The molecule has 0 amide bonds. The number of rotatable bonds is 6. The maximum atomic E-state index is 12.9. The van der Waals surface area contributed by atoms with Crippen molar-refractivity contribution >= 4 is 49.2 Å². The van der Waals surface area contributed by atoms with Crippen LogP contribution in [0.2, 0.25) is 5.02 Å². The Labute approximate surface area is 152 Å². The van der Waals surface area contributed by atoms with Gasteiger partial charge in [-0.25, -0.2) is 8.42 Å². The van der Waals surface area contributed by atoms with Crippen molar-refractivity contribution < 1.29 is 23.1 Å². The van der Waals surface area contributed by atoms with E-state index in [2.05, 4.69) is 15.9 Å². The van der Waals surface area contributed by atoms with Crippen LogP contribution in [0.5, 0.6) is 5.75 Å². The monoisotopic (exact) mass is 433 g/mol. The topological polar surface area (TPSA) is 83.9 Å². The molecule has 1 N–H and O–H groups in total. The smallest absolute Gasteiger partial charge is 0.324 e. The van der Waals surface area contributed by atoms with Crippen molar-refractivity contribution in [2.24, 2.45) is 0 Å². The molecule has 2 rings (SSSR count). The molecule has 0 aliphatic rings. The van der Waals surface area contributed by atoms with Gasteiger partial charge in [-0.3, -0.25) is 9.10 Å². The van der Waals surface area contributed by atoms with Gasteiger partial charge in [0.15, 0.2) is 0 Å². The third kappa shape index (κ3) is 4.00. The van der Waals surface area contributed by atoms with E-state index in [9.17, 15) is 13.2 Å². The number of carbonyl (C=O) groups is 1. The lowest BCUT2D eigenvalue weighted by atomic mass is 10.3. The van der Waals surface area contributed by atoms with E-state index < -0.39 is 22.5 Å². The van der Waals surface area contributed by atoms with Crippen molar-refractivity contribution in [1.82, 2.24) is 0 Å². The SMILES string of the molecule is COc1ccc(S(=O)(=O)N(CC(=O)O)c2ccc(Br)cc2)cc1Cl. The molecule has 2 aromatic rings. The average Bonchev–Trinajstić information content (AvgIpc) is 2.53. The van der Waals surface area contributed by atoms with E-state index in [1.165, 1.54) is 37.4 Å². The first-order valence-electron chi connectivity index (χ1n) is 6.59. The number of halogens is 2. The molecule has 9 heteroatoms. The molecule has 128 valence electrons. The van der Waals surface area contributed by atoms with Crippen molar-refractivity contribution in [3.8, 4) is 5.75 Å². The number of sulfonamides is 1. The Kier molecular flexibility index (Phi) is 5.74. The Bertz CT molecular complexity index is 855. The number of hydrogen-bond donors (Lipinski definition) is 1. The number of carboxylic acid groups (broad SMARTS) is 1. The Morgan fingerprint density at radius 2 is 1.88 bits per heavy atom. The van der Waals surface area contributed by atoms with Gasteiger partial charge in [0.1, 0.15) is 12.3 Å². The van der Waals surface area contributed by atoms with E-state index in [0.29, 0.717) is 5.75 Å². The fourth-order valence-electron chi connectivity index (χ4n) is 1.98. The summed E-state index contributed by atoms with van der Waals surface area (Å²) < 4.78 is 32.3. The summed E-state index contributed by atoms with van der Waals surface area (Å²) in [5, 5.41) is 9.20. The van der Waals surface area contributed by atoms with E-state index in [0.717, 1.165) is 8.78 Å². The quantitative estimate of drug-likeness (QED) is 0.753. The first-order chi connectivity index (χ1) is 11.3. The normalized spacial score (nSPS) is 11.1. The predicted octanol–water partition coefficient (Wildman–Crippen LogP) is 3.39. The Morgan fingerprint density at radius 3 is 2.38 bits per heavy atom. The molecular weight excluding hydrogens is 422 g/mol. The molecule has 0 radical (unpaired) electrons. The van der Waals surface area contributed by atoms with Gasteiger partial charge in [-0.2, -0.15) is 0 Å². The van der Waals surface area contributed by atoms with Gasteiger partial charge < -0.3 is 9.84 Å². The summed E-state index contributed by atoms with van der Waals surface area (Å²) in [5.74, 6) is -0.954. The van der Waals surface area contributed by atoms with Gasteiger partial charge in [-0.15, -0.1) is 0 Å². The number of methoxy groups -OCH3 is 1. The fraction of sp³-hybridized carbons (Fsp3) is 0.133. The Balaban J connectivity index is 2.53. The zero-order valence-corrected chi connectivity index (χ0v) is 15.6. The molecule has 0 aliphatic carbocycles. The first-order valence-corrected chi connectivity index (χ1v) is 9.20. The first kappa shape index (κ1) is 18.6. The minimum Gasteiger partial charge on any atom is -0.495 e. The third-order valence-corrected chi connectivity index (χ3v) is 5.70. The van der Waals surface area contributed by atoms with Crippen LogP contribution in [0.3, 0.4) is 0 Å². The van der Waals surface area contributed by atoms with Crippen molar-refractivity contribution in [3.63, 3.8) is 0 Å². The second-order valence-electron chi connectivity index (χ2n) is 4.68. The van der Waals surface area contributed by atoms with Crippen molar-refractivity contribution in [3.05, 3.63) is 52.0 Å². The van der Waals surface area contributed by atoms with Gasteiger partial charge in [0.25, 0.3) is 10.0 Å². The molecule has 0 unspecified atom stereocenters. The molecule has 0 saturated carbocycles. The molecule has 0 spiro atoms. The highest BCUT2D eigenvalue weighted by atomic mass is 79.9. The van der Waals surface area contributed by atoms with Gasteiger partial charge in [0.05, 0.1) is 22.7 Å². The van der Waals surface area contributed by atoms with Crippen LogP contribution in [0.15, 0.2) is 51.8 Å². The molecular formula is C15H13BrClNO5S. The predicted molar refractivity (Wildman–Crippen MR) is 94.3 cm³/mol. The third-order valence-electron chi connectivity index (χ3n) is 3.10. The van der Waals surface area contributed by atoms with Crippen molar-refractivity contribution in [2.45, 2.75) is 4.90 Å². The van der Waals surface area contributed by atoms with Crippen molar-refractivity contribution in [1.29, 1.82) is 0 Å². The number of ether oxygens (including phenoxy) is 1. The number of nitrogens with zero attached hydrogens (tertiary/aromatic N) is 1. The highest BCUT2D eigenvalue weighted by molar-refractivity contribution is 9.10. The molecule has 0 aliphatic heterocycles. The van der Waals surface area contributed by atoms with Crippen LogP contribution in [0.1, 0.15) is 0 Å². The second kappa shape index (κ2) is 7.42. The summed E-state index contributed by atoms with van der Waals surface area (Å²) in [6, 6.07) is 10.2. The van der Waals surface area contributed by atoms with Crippen LogP contribution in [0.25, 0.3) is 0 Å². The number of benzene rings is 2. The minimum absolute atomic E-state index is 0.115. The lowest BCUT2D eigenvalue weighted by Gasteiger charge is -2.23. The van der Waals surface area contributed by atoms with Gasteiger partial charge in [-0.05, 0) is 42.5 Å². The summed E-state index contributed by atoms with van der Waals surface area (Å²) in [7, 11) is -2.70. The van der Waals surface area contributed by atoms with E-state index in [4.69, 9.17) is 21.4 Å². The lowest BCUT2D eigenvalue weighted by molar-refractivity contribution is -0.135. The van der Waals surface area contributed by atoms with E-state index in [-0.39, 0.29) is 15.6 Å². The van der Waals surface area contributed by atoms with Crippen molar-refractivity contribution in [2.75, 3.05) is 18.0 Å². The van der Waals surface area contributed by atoms with Crippen LogP contribution in [0.4, 0.5) is 5.69 Å². The molecule has 0 fully saturated rings. The number of anilines is 1. The Hall–Kier alpha value is -1.77. The minimum atomic E-state index is -4.11. The molecule has 6 nitrogen and oxygen atoms in total. The maximum absolute atomic E-state index is 12.9. The summed E-state index contributed by atoms with van der Waals surface area (Å²) in [4.78, 5) is 11.0. The average molecular weight is 435 g/mol. The summed E-state index contributed by atoms with van der Waals surface area (Å²) in [6.45, 7) is -0.715. The summed E-state index contributed by atoms with van der Waals surface area (Å²) >= 11 is 9.23. The van der Waals surface area contributed by atoms with Crippen LogP contribution in [-0.4, -0.2) is 33.1 Å². The van der Waals surface area contributed by atoms with E-state index in [1.54, 1.807) is 12.1 Å². The molecule has 0 saturated heterocycles. The fourth-order valence-corrected chi connectivity index (χ4v) is 4.01. The standard InChI is InChI=1S/C15H13BrClNO5S/c1-23-14-7-6-12(8-13(14)17)24(21,22)18(9-15(19)20)11-4-2-10(16)3-5-11/h2-8H,9H2,1H3,(H,19,20). The molecule has 2 aromatic carbocycles.